The van der Waals surface area contributed by atoms with Crippen LogP contribution in [-0.4, -0.2) is 32.3 Å². The first-order valence-electron chi connectivity index (χ1n) is 5.25. The molecule has 0 saturated carbocycles. The molecule has 0 aliphatic carbocycles. The third kappa shape index (κ3) is 3.98. The minimum absolute atomic E-state index is 0.131. The molecule has 0 bridgehead atoms. The summed E-state index contributed by atoms with van der Waals surface area (Å²) in [5, 5.41) is 8.58. The van der Waals surface area contributed by atoms with Gasteiger partial charge >= 0.3 is 6.18 Å². The van der Waals surface area contributed by atoms with Gasteiger partial charge in [0.05, 0.1) is 5.02 Å². The quantitative estimate of drug-likeness (QED) is 0.727. The lowest BCUT2D eigenvalue weighted by Gasteiger charge is -2.16. The maximum absolute atomic E-state index is 12.1. The average Bonchev–Trinajstić information content (AvgIpc) is 2.29. The Hall–Kier alpha value is -1.03. The molecule has 0 spiro atoms. The number of nitrogen functional groups attached to an aromatic ring is 1. The zero-order valence-electron chi connectivity index (χ0n) is 10.2. The summed E-state index contributed by atoms with van der Waals surface area (Å²) in [6.07, 6.45) is -7.72. The highest BCUT2D eigenvalue weighted by Gasteiger charge is 2.38. The van der Waals surface area contributed by atoms with E-state index < -0.39 is 33.7 Å². The number of aryl methyl sites for hydroxylation is 1. The molecule has 114 valence electrons. The Morgan fingerprint density at radius 3 is 2.50 bits per heavy atom. The van der Waals surface area contributed by atoms with Gasteiger partial charge in [0.15, 0.2) is 6.10 Å². The lowest BCUT2D eigenvalue weighted by atomic mass is 10.2. The largest absolute Gasteiger partial charge is 0.415 e. The summed E-state index contributed by atoms with van der Waals surface area (Å²) < 4.78 is 61.5. The number of halogens is 4. The van der Waals surface area contributed by atoms with Gasteiger partial charge in [0.2, 0.25) is 10.0 Å². The van der Waals surface area contributed by atoms with Crippen molar-refractivity contribution in [2.24, 2.45) is 0 Å². The van der Waals surface area contributed by atoms with Crippen LogP contribution in [0.15, 0.2) is 17.0 Å². The van der Waals surface area contributed by atoms with Gasteiger partial charge in [-0.1, -0.05) is 11.6 Å². The molecule has 1 unspecified atom stereocenters. The van der Waals surface area contributed by atoms with Crippen molar-refractivity contribution in [2.45, 2.75) is 24.1 Å². The SMILES string of the molecule is Cc1cc(Cl)c(S(=O)(=O)NCC(O)C(F)(F)F)cc1N. The molecule has 1 aromatic rings. The molecule has 0 amide bonds. The first-order valence-corrected chi connectivity index (χ1v) is 7.11. The summed E-state index contributed by atoms with van der Waals surface area (Å²) in [5.74, 6) is 0. The van der Waals surface area contributed by atoms with Gasteiger partial charge in [-0.05, 0) is 24.6 Å². The van der Waals surface area contributed by atoms with Crippen molar-refractivity contribution in [1.29, 1.82) is 0 Å². The van der Waals surface area contributed by atoms with Gasteiger partial charge in [0.25, 0.3) is 0 Å². The van der Waals surface area contributed by atoms with Crippen LogP contribution in [0.2, 0.25) is 5.02 Å². The molecule has 0 radical (unpaired) electrons. The predicted molar refractivity (Wildman–Crippen MR) is 67.9 cm³/mol. The Kier molecular flexibility index (Phi) is 4.90. The number of rotatable bonds is 4. The summed E-state index contributed by atoms with van der Waals surface area (Å²) >= 11 is 5.73. The first kappa shape index (κ1) is 17.0. The summed E-state index contributed by atoms with van der Waals surface area (Å²) in [6.45, 7) is 0.383. The lowest BCUT2D eigenvalue weighted by molar-refractivity contribution is -0.200. The van der Waals surface area contributed by atoms with Crippen molar-refractivity contribution in [3.8, 4) is 0 Å². The van der Waals surface area contributed by atoms with Crippen LogP contribution < -0.4 is 10.5 Å². The van der Waals surface area contributed by atoms with Crippen molar-refractivity contribution < 1.29 is 26.7 Å². The number of alkyl halides is 3. The lowest BCUT2D eigenvalue weighted by Crippen LogP contribution is -2.40. The molecule has 1 aromatic carbocycles. The number of aliphatic hydroxyl groups is 1. The molecule has 0 aromatic heterocycles. The molecular weight excluding hydrogens is 321 g/mol. The molecule has 0 saturated heterocycles. The van der Waals surface area contributed by atoms with Crippen molar-refractivity contribution >= 4 is 27.3 Å². The van der Waals surface area contributed by atoms with Crippen molar-refractivity contribution in [1.82, 2.24) is 4.72 Å². The highest BCUT2D eigenvalue weighted by atomic mass is 35.5. The van der Waals surface area contributed by atoms with Crippen molar-refractivity contribution in [3.63, 3.8) is 0 Å². The Morgan fingerprint density at radius 2 is 2.00 bits per heavy atom. The molecule has 0 aliphatic heterocycles. The number of hydrogen-bond donors (Lipinski definition) is 3. The highest BCUT2D eigenvalue weighted by molar-refractivity contribution is 7.89. The Labute approximate surface area is 118 Å². The predicted octanol–water partition coefficient (Wildman–Crippen LogP) is 1.43. The zero-order valence-corrected chi connectivity index (χ0v) is 11.8. The molecule has 1 rings (SSSR count). The van der Waals surface area contributed by atoms with Gasteiger partial charge in [0, 0.05) is 12.2 Å². The molecule has 10 heteroatoms. The normalized spacial score (nSPS) is 14.3. The number of sulfonamides is 1. The number of anilines is 1. The summed E-state index contributed by atoms with van der Waals surface area (Å²) in [6, 6.07) is 2.33. The zero-order chi connectivity index (χ0) is 15.7. The van der Waals surface area contributed by atoms with Crippen LogP contribution in [0.3, 0.4) is 0 Å². The monoisotopic (exact) mass is 332 g/mol. The Balaban J connectivity index is 2.98. The standard InChI is InChI=1S/C10H12ClF3N2O3S/c1-5-2-6(11)8(3-7(5)15)20(18,19)16-4-9(17)10(12,13)14/h2-3,9,16-17H,4,15H2,1H3. The summed E-state index contributed by atoms with van der Waals surface area (Å²) in [5.41, 5.74) is 6.19. The molecular formula is C10H12ClF3N2O3S. The van der Waals surface area contributed by atoms with Crippen LogP contribution in [0.5, 0.6) is 0 Å². The molecule has 0 fully saturated rings. The van der Waals surface area contributed by atoms with Crippen molar-refractivity contribution in [2.75, 3.05) is 12.3 Å². The van der Waals surface area contributed by atoms with E-state index in [1.807, 2.05) is 0 Å². The number of hydrogen-bond acceptors (Lipinski definition) is 4. The van der Waals surface area contributed by atoms with Gasteiger partial charge < -0.3 is 10.8 Å². The van der Waals surface area contributed by atoms with E-state index in [0.29, 0.717) is 5.56 Å². The highest BCUT2D eigenvalue weighted by Crippen LogP contribution is 2.27. The second kappa shape index (κ2) is 5.76. The average molecular weight is 333 g/mol. The van der Waals surface area contributed by atoms with E-state index in [4.69, 9.17) is 22.4 Å². The van der Waals surface area contributed by atoms with Crippen LogP contribution in [0.1, 0.15) is 5.56 Å². The van der Waals surface area contributed by atoms with E-state index in [1.165, 1.54) is 6.07 Å². The van der Waals surface area contributed by atoms with Crippen LogP contribution in [0.4, 0.5) is 18.9 Å². The molecule has 20 heavy (non-hydrogen) atoms. The maximum atomic E-state index is 12.1. The topological polar surface area (TPSA) is 92.4 Å². The second-order valence-electron chi connectivity index (χ2n) is 4.05. The Bertz CT molecular complexity index is 605. The van der Waals surface area contributed by atoms with E-state index in [1.54, 1.807) is 11.6 Å². The van der Waals surface area contributed by atoms with E-state index in [0.717, 1.165) is 6.07 Å². The molecule has 4 N–H and O–H groups in total. The Morgan fingerprint density at radius 1 is 1.45 bits per heavy atom. The number of nitrogens with one attached hydrogen (secondary N) is 1. The summed E-state index contributed by atoms with van der Waals surface area (Å²) in [7, 11) is -4.31. The van der Waals surface area contributed by atoms with E-state index >= 15 is 0 Å². The third-order valence-corrected chi connectivity index (χ3v) is 4.34. The summed E-state index contributed by atoms with van der Waals surface area (Å²) in [4.78, 5) is -0.448. The smallest absolute Gasteiger partial charge is 0.398 e. The van der Waals surface area contributed by atoms with Crippen LogP contribution in [-0.2, 0) is 10.0 Å². The van der Waals surface area contributed by atoms with Crippen LogP contribution in [0, 0.1) is 6.92 Å². The molecule has 0 aliphatic rings. The van der Waals surface area contributed by atoms with E-state index in [2.05, 4.69) is 0 Å². The number of benzene rings is 1. The minimum atomic E-state index is -4.92. The second-order valence-corrected chi connectivity index (χ2v) is 6.19. The van der Waals surface area contributed by atoms with E-state index in [9.17, 15) is 21.6 Å². The fraction of sp³-hybridized carbons (Fsp3) is 0.400. The fourth-order valence-electron chi connectivity index (χ4n) is 1.26. The van der Waals surface area contributed by atoms with Gasteiger partial charge in [-0.2, -0.15) is 13.2 Å². The van der Waals surface area contributed by atoms with Crippen LogP contribution in [0.25, 0.3) is 0 Å². The minimum Gasteiger partial charge on any atom is -0.398 e. The fourth-order valence-corrected chi connectivity index (χ4v) is 2.91. The first-order chi connectivity index (χ1) is 8.95. The van der Waals surface area contributed by atoms with Gasteiger partial charge in [0.1, 0.15) is 4.90 Å². The third-order valence-electron chi connectivity index (χ3n) is 2.45. The van der Waals surface area contributed by atoms with Gasteiger partial charge in [-0.25, -0.2) is 13.1 Å². The maximum Gasteiger partial charge on any atom is 0.415 e. The van der Waals surface area contributed by atoms with Gasteiger partial charge in [-0.15, -0.1) is 0 Å². The van der Waals surface area contributed by atoms with Gasteiger partial charge in [-0.3, -0.25) is 0 Å². The van der Waals surface area contributed by atoms with Crippen molar-refractivity contribution in [3.05, 3.63) is 22.7 Å². The molecule has 5 nitrogen and oxygen atoms in total. The number of nitrogens with two attached hydrogens (primary N) is 1. The molecule has 0 heterocycles. The van der Waals surface area contributed by atoms with Crippen LogP contribution >= 0.6 is 11.6 Å². The number of aliphatic hydroxyl groups excluding tert-OH is 1. The van der Waals surface area contributed by atoms with E-state index in [-0.39, 0.29) is 10.7 Å². The molecule has 1 atom stereocenters.